The highest BCUT2D eigenvalue weighted by Gasteiger charge is 2.31. The predicted octanol–water partition coefficient (Wildman–Crippen LogP) is 1.07. The number of hydrogen-bond acceptors (Lipinski definition) is 8. The van der Waals surface area contributed by atoms with E-state index < -0.39 is 28.1 Å². The Kier molecular flexibility index (Phi) is 8.48. The van der Waals surface area contributed by atoms with Gasteiger partial charge in [-0.1, -0.05) is 0 Å². The van der Waals surface area contributed by atoms with Gasteiger partial charge >= 0.3 is 5.97 Å². The van der Waals surface area contributed by atoms with Gasteiger partial charge in [-0.3, -0.25) is 9.63 Å². The maximum Gasteiger partial charge on any atom is 0.331 e. The molecule has 0 saturated heterocycles. The number of hydrogen-bond donors (Lipinski definition) is 1. The van der Waals surface area contributed by atoms with Gasteiger partial charge in [-0.25, -0.2) is 4.79 Å². The van der Waals surface area contributed by atoms with Crippen molar-refractivity contribution in [3.8, 4) is 0 Å². The molecule has 2 unspecified atom stereocenters. The van der Waals surface area contributed by atoms with Gasteiger partial charge in [0.05, 0.1) is 4.75 Å². The first-order valence-electron chi connectivity index (χ1n) is 6.00. The highest BCUT2D eigenvalue weighted by Crippen LogP contribution is 2.21. The molecule has 1 amide bonds. The van der Waals surface area contributed by atoms with Crippen LogP contribution in [0.5, 0.6) is 0 Å². The Morgan fingerprint density at radius 3 is 2.38 bits per heavy atom. The number of nitrogens with one attached hydrogen (secondary N) is 1. The average molecular weight is 340 g/mol. The Hall–Kier alpha value is -1.16. The van der Waals surface area contributed by atoms with Gasteiger partial charge in [0, 0.05) is 5.75 Å². The SMILES string of the molecule is CSCC(NC(=O)C(C)(C)SC)C(=O)OC(C)O[N+](=O)[O-]. The van der Waals surface area contributed by atoms with Crippen LogP contribution >= 0.6 is 23.5 Å². The molecule has 0 aliphatic heterocycles. The van der Waals surface area contributed by atoms with Crippen LogP contribution in [0.2, 0.25) is 0 Å². The normalized spacial score (nSPS) is 14.0. The number of ether oxygens (including phenoxy) is 1. The summed E-state index contributed by atoms with van der Waals surface area (Å²) in [4.78, 5) is 38.2. The van der Waals surface area contributed by atoms with Gasteiger partial charge in [0.25, 0.3) is 5.09 Å². The van der Waals surface area contributed by atoms with Crippen molar-refractivity contribution >= 4 is 35.4 Å². The maximum absolute atomic E-state index is 12.1. The third-order valence-corrected chi connectivity index (χ3v) is 4.37. The molecule has 0 heterocycles. The molecule has 0 aromatic carbocycles. The van der Waals surface area contributed by atoms with Crippen LogP contribution in [0.4, 0.5) is 0 Å². The molecule has 0 spiro atoms. The highest BCUT2D eigenvalue weighted by atomic mass is 32.2. The summed E-state index contributed by atoms with van der Waals surface area (Å²) in [5.41, 5.74) is 0. The van der Waals surface area contributed by atoms with Crippen LogP contribution in [0, 0.1) is 10.1 Å². The van der Waals surface area contributed by atoms with Crippen LogP contribution < -0.4 is 5.32 Å². The van der Waals surface area contributed by atoms with Crippen LogP contribution in [0.15, 0.2) is 0 Å². The Morgan fingerprint density at radius 1 is 1.38 bits per heavy atom. The standard InChI is InChI=1S/C11H20N2O6S2/c1-7(19-13(16)17)18-9(14)8(6-20-4)12-10(15)11(2,3)21-5/h7-8H,6H2,1-5H3,(H,12,15). The zero-order valence-corrected chi connectivity index (χ0v) is 14.2. The molecule has 0 saturated carbocycles. The van der Waals surface area contributed by atoms with E-state index in [1.165, 1.54) is 30.4 Å². The van der Waals surface area contributed by atoms with E-state index in [1.54, 1.807) is 26.4 Å². The topological polar surface area (TPSA) is 108 Å². The number of amides is 1. The third-order valence-electron chi connectivity index (χ3n) is 2.50. The van der Waals surface area contributed by atoms with Crippen molar-refractivity contribution in [3.63, 3.8) is 0 Å². The van der Waals surface area contributed by atoms with Crippen molar-refractivity contribution < 1.29 is 24.3 Å². The summed E-state index contributed by atoms with van der Waals surface area (Å²) in [6.07, 6.45) is 2.22. The summed E-state index contributed by atoms with van der Waals surface area (Å²) in [5.74, 6) is -0.793. The maximum atomic E-state index is 12.1. The smallest absolute Gasteiger partial charge is 0.331 e. The summed E-state index contributed by atoms with van der Waals surface area (Å²) in [6, 6.07) is -0.892. The largest absolute Gasteiger partial charge is 0.434 e. The molecule has 0 aromatic rings. The minimum absolute atomic E-state index is 0.292. The molecular weight excluding hydrogens is 320 g/mol. The lowest BCUT2D eigenvalue weighted by Crippen LogP contribution is -2.50. The Labute approximate surface area is 131 Å². The van der Waals surface area contributed by atoms with Crippen molar-refractivity contribution in [3.05, 3.63) is 10.1 Å². The zero-order chi connectivity index (χ0) is 16.6. The van der Waals surface area contributed by atoms with Crippen molar-refractivity contribution in [1.29, 1.82) is 0 Å². The fourth-order valence-corrected chi connectivity index (χ4v) is 1.95. The number of thioether (sulfide) groups is 2. The highest BCUT2D eigenvalue weighted by molar-refractivity contribution is 8.00. The van der Waals surface area contributed by atoms with Crippen molar-refractivity contribution in [2.45, 2.75) is 37.9 Å². The summed E-state index contributed by atoms with van der Waals surface area (Å²) < 4.78 is 4.09. The molecule has 0 fully saturated rings. The monoisotopic (exact) mass is 340 g/mol. The lowest BCUT2D eigenvalue weighted by atomic mass is 10.2. The van der Waals surface area contributed by atoms with Gasteiger partial charge in [-0.15, -0.1) is 21.9 Å². The Bertz CT molecular complexity index is 391. The molecule has 0 aromatic heterocycles. The van der Waals surface area contributed by atoms with Gasteiger partial charge in [-0.05, 0) is 33.3 Å². The van der Waals surface area contributed by atoms with Crippen molar-refractivity contribution in [1.82, 2.24) is 5.32 Å². The fourth-order valence-electron chi connectivity index (χ4n) is 1.15. The summed E-state index contributed by atoms with van der Waals surface area (Å²) in [7, 11) is 0. The van der Waals surface area contributed by atoms with E-state index in [1.807, 2.05) is 0 Å². The molecule has 2 atom stereocenters. The van der Waals surface area contributed by atoms with Crippen molar-refractivity contribution in [2.75, 3.05) is 18.3 Å². The second kappa shape index (κ2) is 8.98. The van der Waals surface area contributed by atoms with Crippen LogP contribution in [0.25, 0.3) is 0 Å². The second-order valence-corrected chi connectivity index (χ2v) is 6.87. The minimum Gasteiger partial charge on any atom is -0.434 e. The third kappa shape index (κ3) is 7.42. The summed E-state index contributed by atoms with van der Waals surface area (Å²) in [6.45, 7) is 4.68. The lowest BCUT2D eigenvalue weighted by molar-refractivity contribution is -0.777. The predicted molar refractivity (Wildman–Crippen MR) is 81.5 cm³/mol. The lowest BCUT2D eigenvalue weighted by Gasteiger charge is -2.25. The van der Waals surface area contributed by atoms with E-state index in [9.17, 15) is 19.7 Å². The van der Waals surface area contributed by atoms with Crippen LogP contribution in [-0.4, -0.2) is 52.3 Å². The number of carbonyl (C=O) groups excluding carboxylic acids is 2. The van der Waals surface area contributed by atoms with E-state index in [0.717, 1.165) is 0 Å². The van der Waals surface area contributed by atoms with Gasteiger partial charge in [0.1, 0.15) is 6.04 Å². The number of rotatable bonds is 9. The van der Waals surface area contributed by atoms with Gasteiger partial charge < -0.3 is 10.1 Å². The minimum atomic E-state index is -1.33. The molecule has 0 radical (unpaired) electrons. The van der Waals surface area contributed by atoms with E-state index in [0.29, 0.717) is 5.75 Å². The van der Waals surface area contributed by atoms with E-state index in [-0.39, 0.29) is 5.91 Å². The zero-order valence-electron chi connectivity index (χ0n) is 12.6. The molecule has 0 aliphatic carbocycles. The molecule has 21 heavy (non-hydrogen) atoms. The molecular formula is C11H20N2O6S2. The number of carbonyl (C=O) groups is 2. The van der Waals surface area contributed by atoms with Gasteiger partial charge in [0.2, 0.25) is 12.2 Å². The summed E-state index contributed by atoms with van der Waals surface area (Å²) in [5, 5.41) is 11.7. The first-order valence-corrected chi connectivity index (χ1v) is 8.62. The van der Waals surface area contributed by atoms with Crippen LogP contribution in [0.1, 0.15) is 20.8 Å². The van der Waals surface area contributed by atoms with Crippen LogP contribution in [-0.2, 0) is 19.2 Å². The summed E-state index contributed by atoms with van der Waals surface area (Å²) >= 11 is 2.69. The van der Waals surface area contributed by atoms with E-state index in [4.69, 9.17) is 4.74 Å². The molecule has 1 N–H and O–H groups in total. The van der Waals surface area contributed by atoms with Gasteiger partial charge in [0.15, 0.2) is 0 Å². The van der Waals surface area contributed by atoms with Gasteiger partial charge in [-0.2, -0.15) is 11.8 Å². The molecule has 0 aliphatic rings. The number of esters is 1. The fraction of sp³-hybridized carbons (Fsp3) is 0.818. The first-order chi connectivity index (χ1) is 9.63. The van der Waals surface area contributed by atoms with Crippen molar-refractivity contribution in [2.24, 2.45) is 0 Å². The number of nitrogens with zero attached hydrogens (tertiary/aromatic N) is 1. The average Bonchev–Trinajstić information content (AvgIpc) is 2.36. The van der Waals surface area contributed by atoms with Crippen LogP contribution in [0.3, 0.4) is 0 Å². The molecule has 122 valence electrons. The quantitative estimate of drug-likeness (QED) is 0.287. The molecule has 8 nitrogen and oxygen atoms in total. The Balaban J connectivity index is 4.70. The molecule has 0 bridgehead atoms. The second-order valence-electron chi connectivity index (χ2n) is 4.53. The molecule has 10 heteroatoms. The van der Waals surface area contributed by atoms with E-state index >= 15 is 0 Å². The van der Waals surface area contributed by atoms with E-state index in [2.05, 4.69) is 10.2 Å². The Morgan fingerprint density at radius 2 is 1.95 bits per heavy atom. The first kappa shape index (κ1) is 19.8. The molecule has 0 rings (SSSR count).